The Labute approximate surface area is 205 Å². The van der Waals surface area contributed by atoms with Gasteiger partial charge in [-0.3, -0.25) is 19.4 Å². The second kappa shape index (κ2) is 7.79. The Morgan fingerprint density at radius 3 is 2.26 bits per heavy atom. The van der Waals surface area contributed by atoms with Crippen LogP contribution in [0.4, 0.5) is 5.69 Å². The van der Waals surface area contributed by atoms with Gasteiger partial charge in [-0.25, -0.2) is 4.90 Å². The molecule has 3 aliphatic heterocycles. The minimum absolute atomic E-state index is 0.284. The molecule has 4 atom stereocenters. The number of ketones is 1. The second-order valence-corrected chi connectivity index (χ2v) is 9.37. The fraction of sp³-hybridized carbons (Fsp3) is 0.154. The van der Waals surface area contributed by atoms with Gasteiger partial charge >= 0.3 is 0 Å². The SMILES string of the molecule is O=C(c1ccc(Cl)cc1)[C@@H]1[C@@H]2C(=O)N(c3ccccc3Cl)C(=O)[C@@H]2[C@H]2c3ccccc3C=NN12. The largest absolute Gasteiger partial charge is 0.292 e. The molecule has 168 valence electrons. The highest BCUT2D eigenvalue weighted by atomic mass is 35.5. The van der Waals surface area contributed by atoms with E-state index in [0.29, 0.717) is 21.3 Å². The van der Waals surface area contributed by atoms with Crippen LogP contribution in [0.2, 0.25) is 10.0 Å². The number of hydrogen-bond donors (Lipinski definition) is 0. The number of carbonyl (C=O) groups is 3. The monoisotopic (exact) mass is 489 g/mol. The summed E-state index contributed by atoms with van der Waals surface area (Å²) in [6.45, 7) is 0. The third kappa shape index (κ3) is 2.95. The van der Waals surface area contributed by atoms with Gasteiger partial charge in [-0.15, -0.1) is 0 Å². The minimum Gasteiger partial charge on any atom is -0.292 e. The van der Waals surface area contributed by atoms with Crippen LogP contribution in [0.1, 0.15) is 27.5 Å². The van der Waals surface area contributed by atoms with Gasteiger partial charge in [-0.1, -0.05) is 59.6 Å². The van der Waals surface area contributed by atoms with Gasteiger partial charge in [0.1, 0.15) is 6.04 Å². The van der Waals surface area contributed by atoms with Crippen molar-refractivity contribution in [3.8, 4) is 0 Å². The molecule has 3 aliphatic rings. The van der Waals surface area contributed by atoms with E-state index in [4.69, 9.17) is 23.2 Å². The number of fused-ring (bicyclic) bond motifs is 5. The highest BCUT2D eigenvalue weighted by Crippen LogP contribution is 2.53. The summed E-state index contributed by atoms with van der Waals surface area (Å²) in [4.78, 5) is 42.5. The lowest BCUT2D eigenvalue weighted by atomic mass is 9.83. The number of hydrazone groups is 1. The lowest BCUT2D eigenvalue weighted by Gasteiger charge is -2.33. The van der Waals surface area contributed by atoms with E-state index in [9.17, 15) is 14.4 Å². The molecule has 0 radical (unpaired) electrons. The van der Waals surface area contributed by atoms with Gasteiger partial charge in [0.05, 0.1) is 34.8 Å². The zero-order chi connectivity index (χ0) is 23.6. The smallest absolute Gasteiger partial charge is 0.240 e. The summed E-state index contributed by atoms with van der Waals surface area (Å²) in [5.74, 6) is -2.79. The maximum atomic E-state index is 13.8. The maximum Gasteiger partial charge on any atom is 0.240 e. The van der Waals surface area contributed by atoms with E-state index in [1.807, 2.05) is 24.3 Å². The molecule has 0 N–H and O–H groups in total. The number of amides is 2. The van der Waals surface area contributed by atoms with Crippen molar-refractivity contribution in [3.63, 3.8) is 0 Å². The van der Waals surface area contributed by atoms with Gasteiger partial charge in [0.2, 0.25) is 11.8 Å². The minimum atomic E-state index is -0.940. The molecule has 3 heterocycles. The van der Waals surface area contributed by atoms with E-state index >= 15 is 0 Å². The normalized spacial score (nSPS) is 24.8. The van der Waals surface area contributed by atoms with Crippen LogP contribution >= 0.6 is 23.2 Å². The van der Waals surface area contributed by atoms with Crippen molar-refractivity contribution in [2.75, 3.05) is 4.90 Å². The second-order valence-electron chi connectivity index (χ2n) is 8.53. The van der Waals surface area contributed by atoms with Crippen LogP contribution in [0.15, 0.2) is 77.9 Å². The lowest BCUT2D eigenvalue weighted by molar-refractivity contribution is -0.124. The van der Waals surface area contributed by atoms with Gasteiger partial charge < -0.3 is 0 Å². The molecule has 0 saturated carbocycles. The first-order valence-electron chi connectivity index (χ1n) is 10.8. The summed E-state index contributed by atoms with van der Waals surface area (Å²) in [6, 6.07) is 19.4. The quantitative estimate of drug-likeness (QED) is 0.393. The van der Waals surface area contributed by atoms with Crippen LogP contribution in [0.3, 0.4) is 0 Å². The number of hydrogen-bond acceptors (Lipinski definition) is 5. The molecule has 8 heteroatoms. The van der Waals surface area contributed by atoms with E-state index in [1.165, 1.54) is 0 Å². The van der Waals surface area contributed by atoms with Crippen molar-refractivity contribution < 1.29 is 14.4 Å². The molecule has 3 aromatic rings. The third-order valence-electron chi connectivity index (χ3n) is 6.78. The lowest BCUT2D eigenvalue weighted by Crippen LogP contribution is -2.44. The number of rotatable bonds is 3. The first-order valence-corrected chi connectivity index (χ1v) is 11.6. The number of imide groups is 1. The molecule has 34 heavy (non-hydrogen) atoms. The van der Waals surface area contributed by atoms with Gasteiger partial charge in [-0.05, 0) is 47.5 Å². The topological polar surface area (TPSA) is 70.0 Å². The summed E-state index contributed by atoms with van der Waals surface area (Å²) < 4.78 is 0. The molecule has 6 rings (SSSR count). The molecule has 0 aromatic heterocycles. The van der Waals surface area contributed by atoms with Crippen molar-refractivity contribution in [1.82, 2.24) is 5.01 Å². The van der Waals surface area contributed by atoms with E-state index in [2.05, 4.69) is 5.10 Å². The molecule has 6 nitrogen and oxygen atoms in total. The Kier molecular flexibility index (Phi) is 4.83. The Hall–Kier alpha value is -3.48. The standard InChI is InChI=1S/C26H17Cl2N3O3/c27-16-11-9-14(10-12-16)24(32)23-21-20(22-17-6-2-1-5-15(17)13-29-31(22)23)25(33)30(26(21)34)19-8-4-3-7-18(19)28/h1-13,20-23H/t20-,21+,22+,23-/m0/s1. The summed E-state index contributed by atoms with van der Waals surface area (Å²) in [5, 5.41) is 6.99. The fourth-order valence-electron chi connectivity index (χ4n) is 5.32. The van der Waals surface area contributed by atoms with Crippen LogP contribution in [0, 0.1) is 11.8 Å². The van der Waals surface area contributed by atoms with Crippen LogP contribution in [0.5, 0.6) is 0 Å². The Morgan fingerprint density at radius 2 is 1.50 bits per heavy atom. The molecule has 0 unspecified atom stereocenters. The van der Waals surface area contributed by atoms with E-state index in [1.54, 1.807) is 59.8 Å². The highest BCUT2D eigenvalue weighted by molar-refractivity contribution is 6.36. The van der Waals surface area contributed by atoms with Gasteiger partial charge in [0, 0.05) is 10.6 Å². The first-order chi connectivity index (χ1) is 16.5. The number of Topliss-reactive ketones (excluding diaryl/α,β-unsaturated/α-hetero) is 1. The number of nitrogens with zero attached hydrogens (tertiary/aromatic N) is 3. The molecule has 2 saturated heterocycles. The Balaban J connectivity index is 1.51. The van der Waals surface area contributed by atoms with Crippen molar-refractivity contribution in [2.45, 2.75) is 12.1 Å². The molecule has 2 fully saturated rings. The molecule has 0 aliphatic carbocycles. The van der Waals surface area contributed by atoms with E-state index < -0.39 is 29.8 Å². The predicted octanol–water partition coefficient (Wildman–Crippen LogP) is 4.75. The predicted molar refractivity (Wildman–Crippen MR) is 129 cm³/mol. The fourth-order valence-corrected chi connectivity index (χ4v) is 5.67. The molecule has 3 aromatic carbocycles. The van der Waals surface area contributed by atoms with Crippen LogP contribution in [0.25, 0.3) is 0 Å². The van der Waals surface area contributed by atoms with Crippen molar-refractivity contribution in [2.24, 2.45) is 16.9 Å². The highest BCUT2D eigenvalue weighted by Gasteiger charge is 2.65. The average Bonchev–Trinajstić information content (AvgIpc) is 3.32. The van der Waals surface area contributed by atoms with Gasteiger partial charge in [-0.2, -0.15) is 5.10 Å². The molecule has 0 bridgehead atoms. The zero-order valence-corrected chi connectivity index (χ0v) is 19.1. The van der Waals surface area contributed by atoms with Crippen molar-refractivity contribution in [3.05, 3.63) is 99.5 Å². The first kappa shape index (κ1) is 21.1. The number of para-hydroxylation sites is 1. The Bertz CT molecular complexity index is 1390. The molecule has 0 spiro atoms. The summed E-state index contributed by atoms with van der Waals surface area (Å²) >= 11 is 12.4. The van der Waals surface area contributed by atoms with Crippen LogP contribution < -0.4 is 4.90 Å². The van der Waals surface area contributed by atoms with Crippen molar-refractivity contribution >= 4 is 52.7 Å². The number of anilines is 1. The summed E-state index contributed by atoms with van der Waals surface area (Å²) in [7, 11) is 0. The number of halogens is 2. The van der Waals surface area contributed by atoms with Gasteiger partial charge in [0.25, 0.3) is 0 Å². The summed E-state index contributed by atoms with van der Waals surface area (Å²) in [5.41, 5.74) is 2.45. The maximum absolute atomic E-state index is 13.8. The van der Waals surface area contributed by atoms with Crippen LogP contribution in [-0.2, 0) is 9.59 Å². The average molecular weight is 490 g/mol. The number of benzene rings is 3. The third-order valence-corrected chi connectivity index (χ3v) is 7.36. The van der Waals surface area contributed by atoms with Crippen LogP contribution in [-0.4, -0.2) is 34.9 Å². The Morgan fingerprint density at radius 1 is 0.824 bits per heavy atom. The van der Waals surface area contributed by atoms with Gasteiger partial charge in [0.15, 0.2) is 5.78 Å². The molecular formula is C26H17Cl2N3O3. The zero-order valence-electron chi connectivity index (χ0n) is 17.6. The summed E-state index contributed by atoms with van der Waals surface area (Å²) in [6.07, 6.45) is 1.68. The number of carbonyl (C=O) groups excluding carboxylic acids is 3. The molecular weight excluding hydrogens is 473 g/mol. The van der Waals surface area contributed by atoms with Crippen molar-refractivity contribution in [1.29, 1.82) is 0 Å². The van der Waals surface area contributed by atoms with E-state index in [0.717, 1.165) is 16.0 Å². The van der Waals surface area contributed by atoms with E-state index in [-0.39, 0.29) is 11.7 Å². The molecule has 2 amide bonds.